The number of hydrogen-bond acceptors (Lipinski definition) is 7. The molecule has 13 heteroatoms. The van der Waals surface area contributed by atoms with Crippen LogP contribution in [0.3, 0.4) is 0 Å². The first-order valence-corrected chi connectivity index (χ1v) is 12.7. The average Bonchev–Trinajstić information content (AvgIpc) is 2.86. The Bertz CT molecular complexity index is 1090. The van der Waals surface area contributed by atoms with Gasteiger partial charge < -0.3 is 34.6 Å². The SMILES string of the molecule is COP(=O)(CC(NC(=O)Nc1ccc(Cl)cc1)C(=O)Nc1ccc(N2CCOCC2=O)cc1)OC. The van der Waals surface area contributed by atoms with Crippen LogP contribution in [-0.2, 0) is 27.9 Å². The van der Waals surface area contributed by atoms with Gasteiger partial charge in [-0.2, -0.15) is 0 Å². The first-order valence-electron chi connectivity index (χ1n) is 10.6. The van der Waals surface area contributed by atoms with Gasteiger partial charge in [-0.3, -0.25) is 14.2 Å². The predicted molar refractivity (Wildman–Crippen MR) is 132 cm³/mol. The molecule has 2 aromatic carbocycles. The average molecular weight is 525 g/mol. The van der Waals surface area contributed by atoms with Gasteiger partial charge in [-0.05, 0) is 48.5 Å². The van der Waals surface area contributed by atoms with E-state index in [4.69, 9.17) is 25.4 Å². The number of rotatable bonds is 9. The van der Waals surface area contributed by atoms with Gasteiger partial charge in [0, 0.05) is 42.8 Å². The molecule has 188 valence electrons. The van der Waals surface area contributed by atoms with Crippen LogP contribution in [0.1, 0.15) is 0 Å². The highest BCUT2D eigenvalue weighted by molar-refractivity contribution is 7.53. The summed E-state index contributed by atoms with van der Waals surface area (Å²) in [6.07, 6.45) is -0.403. The van der Waals surface area contributed by atoms with E-state index in [1.54, 1.807) is 53.4 Å². The van der Waals surface area contributed by atoms with Crippen molar-refractivity contribution in [3.8, 4) is 0 Å². The molecule has 2 aromatic rings. The van der Waals surface area contributed by atoms with E-state index in [1.807, 2.05) is 0 Å². The predicted octanol–water partition coefficient (Wildman–Crippen LogP) is 3.32. The van der Waals surface area contributed by atoms with E-state index in [2.05, 4.69) is 16.0 Å². The number of nitrogens with one attached hydrogen (secondary N) is 3. The summed E-state index contributed by atoms with van der Waals surface area (Å²) in [4.78, 5) is 39.1. The number of morpholine rings is 1. The first-order chi connectivity index (χ1) is 16.7. The summed E-state index contributed by atoms with van der Waals surface area (Å²) in [6.45, 7) is 0.889. The number of nitrogens with zero attached hydrogens (tertiary/aromatic N) is 1. The summed E-state index contributed by atoms with van der Waals surface area (Å²) in [5.74, 6) is -0.792. The maximum Gasteiger partial charge on any atom is 0.332 e. The molecule has 1 fully saturated rings. The minimum atomic E-state index is -3.65. The molecule has 35 heavy (non-hydrogen) atoms. The van der Waals surface area contributed by atoms with Crippen molar-refractivity contribution in [3.63, 3.8) is 0 Å². The number of carbonyl (C=O) groups excluding carboxylic acids is 3. The van der Waals surface area contributed by atoms with E-state index in [0.29, 0.717) is 35.2 Å². The summed E-state index contributed by atoms with van der Waals surface area (Å²) < 4.78 is 27.7. The smallest absolute Gasteiger partial charge is 0.332 e. The van der Waals surface area contributed by atoms with Crippen LogP contribution in [0.25, 0.3) is 0 Å². The zero-order valence-electron chi connectivity index (χ0n) is 19.2. The maximum atomic E-state index is 13.0. The number of hydrogen-bond donors (Lipinski definition) is 3. The van der Waals surface area contributed by atoms with Gasteiger partial charge >= 0.3 is 13.6 Å². The summed E-state index contributed by atoms with van der Waals surface area (Å²) in [6, 6.07) is 11.0. The number of ether oxygens (including phenoxy) is 1. The second-order valence-electron chi connectivity index (χ2n) is 7.45. The maximum absolute atomic E-state index is 13.0. The quantitative estimate of drug-likeness (QED) is 0.428. The van der Waals surface area contributed by atoms with E-state index in [-0.39, 0.29) is 12.5 Å². The van der Waals surface area contributed by atoms with Gasteiger partial charge in [0.1, 0.15) is 12.6 Å². The van der Waals surface area contributed by atoms with Crippen LogP contribution in [0.2, 0.25) is 5.02 Å². The van der Waals surface area contributed by atoms with Crippen molar-refractivity contribution in [2.24, 2.45) is 0 Å². The van der Waals surface area contributed by atoms with Crippen LogP contribution in [0.4, 0.5) is 21.9 Å². The number of anilines is 3. The molecule has 0 aliphatic carbocycles. The fourth-order valence-corrected chi connectivity index (χ4v) is 4.52. The topological polar surface area (TPSA) is 135 Å². The zero-order valence-corrected chi connectivity index (χ0v) is 20.8. The number of urea groups is 1. The van der Waals surface area contributed by atoms with Crippen LogP contribution in [-0.4, -0.2) is 64.0 Å². The molecule has 0 radical (unpaired) electrons. The summed E-state index contributed by atoms with van der Waals surface area (Å²) in [5, 5.41) is 8.25. The van der Waals surface area contributed by atoms with Crippen molar-refractivity contribution in [1.82, 2.24) is 5.32 Å². The molecule has 1 aliphatic heterocycles. The molecule has 0 spiro atoms. The Labute approximate surface area is 207 Å². The monoisotopic (exact) mass is 524 g/mol. The van der Waals surface area contributed by atoms with Gasteiger partial charge in [0.15, 0.2) is 0 Å². The van der Waals surface area contributed by atoms with Gasteiger partial charge in [0.05, 0.1) is 12.8 Å². The fourth-order valence-electron chi connectivity index (χ4n) is 3.25. The molecule has 1 aliphatic rings. The van der Waals surface area contributed by atoms with Crippen LogP contribution < -0.4 is 20.9 Å². The molecular formula is C22H26ClN4O7P. The lowest BCUT2D eigenvalue weighted by molar-refractivity contribution is -0.125. The van der Waals surface area contributed by atoms with Crippen molar-refractivity contribution < 1.29 is 32.7 Å². The highest BCUT2D eigenvalue weighted by Crippen LogP contribution is 2.46. The Hall–Kier alpha value is -2.95. The Kier molecular flexibility index (Phi) is 9.25. The lowest BCUT2D eigenvalue weighted by atomic mass is 10.2. The molecule has 1 saturated heterocycles. The highest BCUT2D eigenvalue weighted by atomic mass is 35.5. The van der Waals surface area contributed by atoms with E-state index < -0.39 is 31.7 Å². The lowest BCUT2D eigenvalue weighted by Gasteiger charge is -2.27. The highest BCUT2D eigenvalue weighted by Gasteiger charge is 2.32. The first kappa shape index (κ1) is 26.7. The molecule has 1 heterocycles. The molecule has 1 atom stereocenters. The van der Waals surface area contributed by atoms with Gasteiger partial charge in [-0.25, -0.2) is 4.79 Å². The second-order valence-corrected chi connectivity index (χ2v) is 10.2. The van der Waals surface area contributed by atoms with Crippen molar-refractivity contribution in [2.45, 2.75) is 6.04 Å². The molecular weight excluding hydrogens is 499 g/mol. The fraction of sp³-hybridized carbons (Fsp3) is 0.318. The molecule has 0 aromatic heterocycles. The summed E-state index contributed by atoms with van der Waals surface area (Å²) in [7, 11) is -1.26. The van der Waals surface area contributed by atoms with Gasteiger partial charge in [-0.15, -0.1) is 0 Å². The number of amides is 4. The van der Waals surface area contributed by atoms with Crippen LogP contribution >= 0.6 is 19.2 Å². The molecule has 3 N–H and O–H groups in total. The van der Waals surface area contributed by atoms with E-state index >= 15 is 0 Å². The van der Waals surface area contributed by atoms with E-state index in [9.17, 15) is 18.9 Å². The Morgan fingerprint density at radius 2 is 1.66 bits per heavy atom. The van der Waals surface area contributed by atoms with E-state index in [0.717, 1.165) is 0 Å². The van der Waals surface area contributed by atoms with Crippen molar-refractivity contribution in [2.75, 3.05) is 55.7 Å². The van der Waals surface area contributed by atoms with Gasteiger partial charge in [-0.1, -0.05) is 11.6 Å². The summed E-state index contributed by atoms with van der Waals surface area (Å²) in [5.41, 5.74) is 1.52. The molecule has 11 nitrogen and oxygen atoms in total. The molecule has 1 unspecified atom stereocenters. The number of carbonyl (C=O) groups is 3. The van der Waals surface area contributed by atoms with Crippen molar-refractivity contribution in [3.05, 3.63) is 53.6 Å². The largest absolute Gasteiger partial charge is 0.370 e. The zero-order chi connectivity index (χ0) is 25.4. The van der Waals surface area contributed by atoms with Crippen molar-refractivity contribution >= 4 is 54.1 Å². The Morgan fingerprint density at radius 3 is 2.26 bits per heavy atom. The standard InChI is InChI=1S/C22H26ClN4O7P/c1-32-35(31,33-2)14-19(26-22(30)25-17-5-3-15(23)4-6-17)21(29)24-16-7-9-18(10-8-16)27-11-12-34-13-20(27)28/h3-10,19H,11-14H2,1-2H3,(H,24,29)(H2,25,26,30). The number of halogens is 1. The Morgan fingerprint density at radius 1 is 1.06 bits per heavy atom. The molecule has 4 amide bonds. The summed E-state index contributed by atoms with van der Waals surface area (Å²) >= 11 is 5.85. The van der Waals surface area contributed by atoms with Crippen LogP contribution in [0, 0.1) is 0 Å². The minimum Gasteiger partial charge on any atom is -0.370 e. The number of benzene rings is 2. The third kappa shape index (κ3) is 7.51. The second kappa shape index (κ2) is 12.1. The minimum absolute atomic E-state index is 0.0168. The third-order valence-electron chi connectivity index (χ3n) is 5.12. The van der Waals surface area contributed by atoms with Crippen LogP contribution in [0.5, 0.6) is 0 Å². The van der Waals surface area contributed by atoms with E-state index in [1.165, 1.54) is 14.2 Å². The van der Waals surface area contributed by atoms with Gasteiger partial charge in [0.2, 0.25) is 5.91 Å². The van der Waals surface area contributed by atoms with Crippen molar-refractivity contribution in [1.29, 1.82) is 0 Å². The molecule has 0 saturated carbocycles. The lowest BCUT2D eigenvalue weighted by Crippen LogP contribution is -2.47. The normalized spacial score (nSPS) is 14.8. The Balaban J connectivity index is 1.70. The van der Waals surface area contributed by atoms with Crippen LogP contribution in [0.15, 0.2) is 48.5 Å². The molecule has 0 bridgehead atoms. The third-order valence-corrected chi connectivity index (χ3v) is 7.30. The van der Waals surface area contributed by atoms with Gasteiger partial charge in [0.25, 0.3) is 5.91 Å². The molecule has 3 rings (SSSR count).